The number of methoxy groups -OCH3 is 1. The van der Waals surface area contributed by atoms with E-state index < -0.39 is 0 Å². The summed E-state index contributed by atoms with van der Waals surface area (Å²) in [7, 11) is 1.63. The molecule has 0 aliphatic carbocycles. The monoisotopic (exact) mass is 147 g/mol. The van der Waals surface area contributed by atoms with Crippen LogP contribution in [0.25, 0.3) is 0 Å². The molecule has 0 aromatic heterocycles. The molecule has 10 heavy (non-hydrogen) atoms. The molecule has 2 N–H and O–H groups in total. The lowest BCUT2D eigenvalue weighted by atomic mass is 10.2. The van der Waals surface area contributed by atoms with E-state index in [1.165, 1.54) is 0 Å². The Labute approximate surface area is 60.2 Å². The number of nitrogens with two attached hydrogens (primary N) is 1. The molecule has 0 spiro atoms. The van der Waals surface area contributed by atoms with Crippen LogP contribution in [0.3, 0.4) is 0 Å². The van der Waals surface area contributed by atoms with Gasteiger partial charge in [-0.3, -0.25) is 4.79 Å². The van der Waals surface area contributed by atoms with Gasteiger partial charge in [-0.25, -0.2) is 0 Å². The molecule has 0 radical (unpaired) electrons. The summed E-state index contributed by atoms with van der Waals surface area (Å²) in [4.78, 5) is 14.3. The summed E-state index contributed by atoms with van der Waals surface area (Å²) < 4.78 is 4.77. The van der Waals surface area contributed by atoms with Crippen molar-refractivity contribution >= 4 is 5.97 Å². The van der Waals surface area contributed by atoms with Gasteiger partial charge in [0.2, 0.25) is 0 Å². The second-order valence-corrected chi connectivity index (χ2v) is 1.94. The predicted molar refractivity (Wildman–Crippen MR) is 36.0 cm³/mol. The van der Waals surface area contributed by atoms with Crippen molar-refractivity contribution in [3.8, 4) is 0 Å². The average Bonchev–Trinajstić information content (AvgIpc) is 1.98. The molecule has 4 nitrogen and oxygen atoms in total. The molecule has 0 aliphatic heterocycles. The lowest BCUT2D eigenvalue weighted by Gasteiger charge is -1.97. The van der Waals surface area contributed by atoms with E-state index >= 15 is 0 Å². The van der Waals surface area contributed by atoms with E-state index in [-0.39, 0.29) is 5.97 Å². The lowest BCUT2D eigenvalue weighted by Crippen LogP contribution is -2.09. The Morgan fingerprint density at radius 2 is 2.20 bits per heavy atom. The number of hydrogen-bond acceptors (Lipinski definition) is 4. The van der Waals surface area contributed by atoms with Crippen LogP contribution in [0.1, 0.15) is 19.3 Å². The Bertz CT molecular complexity index is 95.0. The van der Waals surface area contributed by atoms with Crippen molar-refractivity contribution in [3.63, 3.8) is 0 Å². The highest BCUT2D eigenvalue weighted by Gasteiger charge is 1.98. The molecule has 0 atom stereocenters. The van der Waals surface area contributed by atoms with Crippen LogP contribution in [0.4, 0.5) is 0 Å². The third kappa shape index (κ3) is 5.53. The van der Waals surface area contributed by atoms with E-state index in [2.05, 4.69) is 10.7 Å². The second-order valence-electron chi connectivity index (χ2n) is 1.94. The van der Waals surface area contributed by atoms with Crippen LogP contribution < -0.4 is 5.90 Å². The molecule has 0 saturated carbocycles. The van der Waals surface area contributed by atoms with Crippen molar-refractivity contribution in [3.05, 3.63) is 0 Å². The molecule has 0 bridgehead atoms. The summed E-state index contributed by atoms with van der Waals surface area (Å²) in [5.74, 6) is 4.24. The summed E-state index contributed by atoms with van der Waals surface area (Å²) in [6, 6.07) is 0. The largest absolute Gasteiger partial charge is 0.385 e. The van der Waals surface area contributed by atoms with Crippen LogP contribution >= 0.6 is 0 Å². The summed E-state index contributed by atoms with van der Waals surface area (Å²) >= 11 is 0. The first-order valence-electron chi connectivity index (χ1n) is 3.19. The SMILES string of the molecule is COCCCCC(=O)ON. The first-order chi connectivity index (χ1) is 4.81. The van der Waals surface area contributed by atoms with E-state index in [9.17, 15) is 4.79 Å². The first kappa shape index (κ1) is 9.39. The molecule has 0 aromatic carbocycles. The zero-order valence-electron chi connectivity index (χ0n) is 6.13. The van der Waals surface area contributed by atoms with E-state index in [0.29, 0.717) is 13.0 Å². The maximum absolute atomic E-state index is 10.4. The highest BCUT2D eigenvalue weighted by atomic mass is 16.7. The van der Waals surface area contributed by atoms with Gasteiger partial charge in [0.05, 0.1) is 0 Å². The molecule has 0 rings (SSSR count). The molecule has 0 aliphatic rings. The van der Waals surface area contributed by atoms with Crippen molar-refractivity contribution in [2.75, 3.05) is 13.7 Å². The number of unbranched alkanes of at least 4 members (excludes halogenated alkanes) is 1. The summed E-state index contributed by atoms with van der Waals surface area (Å²) in [5, 5.41) is 0. The Balaban J connectivity index is 2.96. The van der Waals surface area contributed by atoms with E-state index in [1.54, 1.807) is 7.11 Å². The zero-order chi connectivity index (χ0) is 7.82. The lowest BCUT2D eigenvalue weighted by molar-refractivity contribution is -0.144. The Morgan fingerprint density at radius 1 is 1.50 bits per heavy atom. The number of ether oxygens (including phenoxy) is 1. The number of rotatable bonds is 5. The van der Waals surface area contributed by atoms with Gasteiger partial charge in [-0.2, -0.15) is 5.90 Å². The third-order valence-electron chi connectivity index (χ3n) is 1.11. The standard InChI is InChI=1S/C6H13NO3/c1-9-5-3-2-4-6(8)10-7/h2-5,7H2,1H3. The smallest absolute Gasteiger partial charge is 0.324 e. The van der Waals surface area contributed by atoms with Crippen molar-refractivity contribution in [2.45, 2.75) is 19.3 Å². The minimum absolute atomic E-state index is 0.365. The predicted octanol–water partition coefficient (Wildman–Crippen LogP) is 0.220. The fourth-order valence-corrected chi connectivity index (χ4v) is 0.575. The Morgan fingerprint density at radius 3 is 2.70 bits per heavy atom. The molecule has 0 amide bonds. The quantitative estimate of drug-likeness (QED) is 0.446. The molecule has 4 heteroatoms. The average molecular weight is 147 g/mol. The molecule has 0 heterocycles. The number of hydrogen-bond donors (Lipinski definition) is 1. The molecule has 0 aromatic rings. The van der Waals surface area contributed by atoms with E-state index in [1.807, 2.05) is 0 Å². The van der Waals surface area contributed by atoms with E-state index in [0.717, 1.165) is 12.8 Å². The van der Waals surface area contributed by atoms with Crippen LogP contribution in [-0.2, 0) is 14.4 Å². The fourth-order valence-electron chi connectivity index (χ4n) is 0.575. The first-order valence-corrected chi connectivity index (χ1v) is 3.19. The molecule has 60 valence electrons. The summed E-state index contributed by atoms with van der Waals surface area (Å²) in [5.41, 5.74) is 0. The van der Waals surface area contributed by atoms with Crippen LogP contribution in [0.2, 0.25) is 0 Å². The van der Waals surface area contributed by atoms with Crippen molar-refractivity contribution in [1.29, 1.82) is 0 Å². The van der Waals surface area contributed by atoms with Gasteiger partial charge in [0.1, 0.15) is 0 Å². The summed E-state index contributed by atoms with van der Waals surface area (Å²) in [6.45, 7) is 0.678. The van der Waals surface area contributed by atoms with Gasteiger partial charge in [-0.15, -0.1) is 0 Å². The van der Waals surface area contributed by atoms with Gasteiger partial charge in [0.15, 0.2) is 0 Å². The Kier molecular flexibility index (Phi) is 6.11. The van der Waals surface area contributed by atoms with Gasteiger partial charge in [-0.1, -0.05) is 0 Å². The topological polar surface area (TPSA) is 61.5 Å². The number of carbonyl (C=O) groups is 1. The molecular weight excluding hydrogens is 134 g/mol. The van der Waals surface area contributed by atoms with Gasteiger partial charge >= 0.3 is 5.97 Å². The molecule has 0 unspecified atom stereocenters. The molecule has 0 saturated heterocycles. The molecule has 0 fully saturated rings. The summed E-state index contributed by atoms with van der Waals surface area (Å²) in [6.07, 6.45) is 2.01. The van der Waals surface area contributed by atoms with Gasteiger partial charge in [0, 0.05) is 20.1 Å². The minimum Gasteiger partial charge on any atom is -0.385 e. The van der Waals surface area contributed by atoms with Crippen molar-refractivity contribution < 1.29 is 14.4 Å². The van der Waals surface area contributed by atoms with Crippen LogP contribution in [0.5, 0.6) is 0 Å². The highest BCUT2D eigenvalue weighted by Crippen LogP contribution is 1.95. The van der Waals surface area contributed by atoms with Crippen LogP contribution in [-0.4, -0.2) is 19.7 Å². The van der Waals surface area contributed by atoms with Crippen molar-refractivity contribution in [1.82, 2.24) is 0 Å². The van der Waals surface area contributed by atoms with Gasteiger partial charge in [0.25, 0.3) is 0 Å². The second kappa shape index (κ2) is 6.51. The van der Waals surface area contributed by atoms with Gasteiger partial charge < -0.3 is 9.57 Å². The highest BCUT2D eigenvalue weighted by molar-refractivity contribution is 5.68. The third-order valence-corrected chi connectivity index (χ3v) is 1.11. The maximum Gasteiger partial charge on any atom is 0.324 e. The maximum atomic E-state index is 10.4. The normalized spacial score (nSPS) is 9.40. The Hall–Kier alpha value is -0.610. The van der Waals surface area contributed by atoms with Crippen LogP contribution in [0.15, 0.2) is 0 Å². The van der Waals surface area contributed by atoms with Crippen molar-refractivity contribution in [2.24, 2.45) is 5.90 Å². The molecular formula is C6H13NO3. The van der Waals surface area contributed by atoms with E-state index in [4.69, 9.17) is 4.74 Å². The van der Waals surface area contributed by atoms with Crippen LogP contribution in [0, 0.1) is 0 Å². The fraction of sp³-hybridized carbons (Fsp3) is 0.833. The minimum atomic E-state index is -0.365. The number of carbonyl (C=O) groups excluding carboxylic acids is 1. The van der Waals surface area contributed by atoms with Gasteiger partial charge in [-0.05, 0) is 12.8 Å². The zero-order valence-corrected chi connectivity index (χ0v) is 6.13.